The van der Waals surface area contributed by atoms with E-state index in [1.165, 1.54) is 0 Å². The molecule has 0 spiro atoms. The molecule has 1 aliphatic rings. The van der Waals surface area contributed by atoms with Crippen LogP contribution < -0.4 is 10.0 Å². The Morgan fingerprint density at radius 2 is 1.47 bits per heavy atom. The number of benzene rings is 2. The Balaban J connectivity index is 2.36. The van der Waals surface area contributed by atoms with Crippen molar-refractivity contribution in [3.05, 3.63) is 58.7 Å². The molecule has 90 valence electrons. The van der Waals surface area contributed by atoms with E-state index >= 15 is 0 Å². The predicted octanol–water partition coefficient (Wildman–Crippen LogP) is 1.54. The molecule has 0 aliphatic heterocycles. The molecule has 1 aliphatic carbocycles. The summed E-state index contributed by atoms with van der Waals surface area (Å²) in [6.45, 7) is 0. The average Bonchev–Trinajstić information content (AvgIpc) is 2.43. The molecule has 0 atom stereocenters. The van der Waals surface area contributed by atoms with Crippen molar-refractivity contribution in [3.8, 4) is 0 Å². The van der Waals surface area contributed by atoms with Gasteiger partial charge in [-0.2, -0.15) is 0 Å². The summed E-state index contributed by atoms with van der Waals surface area (Å²) in [6, 6.07) is 10.1. The number of anilines is 2. The summed E-state index contributed by atoms with van der Waals surface area (Å²) in [5.74, 6) is -0.382. The van der Waals surface area contributed by atoms with Gasteiger partial charge in [-0.25, -0.2) is 0 Å². The molecule has 0 fully saturated rings. The topological polar surface area (TPSA) is 72.2 Å². The second-order valence-corrected chi connectivity index (χ2v) is 4.59. The third kappa shape index (κ3) is 1.60. The number of carbonyl (C=O) groups is 2. The summed E-state index contributed by atoms with van der Waals surface area (Å²) in [5.41, 5.74) is 8.25. The SMILES string of the molecule is Nc1cccc2c1C(=O)c1cccc([NH][Al])c1C2=O. The molecule has 5 heteroatoms. The van der Waals surface area contributed by atoms with Gasteiger partial charge in [0, 0.05) is 22.5 Å². The van der Waals surface area contributed by atoms with Gasteiger partial charge in [-0.15, -0.1) is 0 Å². The monoisotopic (exact) mass is 264 g/mol. The Bertz CT molecular complexity index is 725. The molecule has 19 heavy (non-hydrogen) atoms. The Labute approximate surface area is 118 Å². The molecule has 2 aromatic carbocycles. The molecule has 2 aromatic rings. The van der Waals surface area contributed by atoms with E-state index in [0.717, 1.165) is 0 Å². The number of nitrogens with two attached hydrogens (primary N) is 1. The zero-order chi connectivity index (χ0) is 13.6. The van der Waals surface area contributed by atoms with Crippen LogP contribution in [-0.2, 0) is 0 Å². The van der Waals surface area contributed by atoms with Gasteiger partial charge in [0.15, 0.2) is 11.6 Å². The minimum atomic E-state index is -0.204. The molecule has 0 bridgehead atoms. The quantitative estimate of drug-likeness (QED) is 0.516. The lowest BCUT2D eigenvalue weighted by molar-refractivity contribution is 0.0980. The molecule has 0 saturated heterocycles. The number of rotatable bonds is 1. The van der Waals surface area contributed by atoms with Crippen molar-refractivity contribution in [2.75, 3.05) is 10.0 Å². The average molecular weight is 264 g/mol. The second-order valence-electron chi connectivity index (χ2n) is 4.30. The number of carbonyl (C=O) groups excluding carboxylic acids is 2. The lowest BCUT2D eigenvalue weighted by Crippen LogP contribution is -2.23. The first-order valence-electron chi connectivity index (χ1n) is 5.72. The van der Waals surface area contributed by atoms with Crippen LogP contribution in [0.5, 0.6) is 0 Å². The van der Waals surface area contributed by atoms with Crippen molar-refractivity contribution in [3.63, 3.8) is 0 Å². The number of hydrogen-bond acceptors (Lipinski definition) is 4. The van der Waals surface area contributed by atoms with Crippen LogP contribution in [0, 0.1) is 0 Å². The number of nitrogens with one attached hydrogen (secondary N) is 1. The summed E-state index contributed by atoms with van der Waals surface area (Å²) in [6.07, 6.45) is 0. The van der Waals surface area contributed by atoms with E-state index < -0.39 is 0 Å². The maximum atomic E-state index is 12.5. The highest BCUT2D eigenvalue weighted by Crippen LogP contribution is 2.33. The minimum absolute atomic E-state index is 0.178. The van der Waals surface area contributed by atoms with Crippen LogP contribution in [0.2, 0.25) is 0 Å². The molecule has 2 radical (unpaired) electrons. The van der Waals surface area contributed by atoms with E-state index in [2.05, 4.69) is 20.8 Å². The Hall–Kier alpha value is -2.09. The molecule has 0 aromatic heterocycles. The van der Waals surface area contributed by atoms with Crippen molar-refractivity contribution in [2.45, 2.75) is 0 Å². The first-order chi connectivity index (χ1) is 9.15. The molecule has 0 saturated carbocycles. The fraction of sp³-hybridized carbons (Fsp3) is 0. The summed E-state index contributed by atoms with van der Waals surface area (Å²) >= 11 is 2.34. The van der Waals surface area contributed by atoms with Crippen LogP contribution in [0.3, 0.4) is 0 Å². The zero-order valence-corrected chi connectivity index (χ0v) is 11.1. The van der Waals surface area contributed by atoms with E-state index in [1.54, 1.807) is 36.4 Å². The summed E-state index contributed by atoms with van der Waals surface area (Å²) < 4.78 is 2.86. The molecule has 4 nitrogen and oxygen atoms in total. The van der Waals surface area contributed by atoms with Crippen molar-refractivity contribution < 1.29 is 9.59 Å². The predicted molar refractivity (Wildman–Crippen MR) is 73.5 cm³/mol. The maximum Gasteiger partial charge on any atom is 0.305 e. The van der Waals surface area contributed by atoms with Gasteiger partial charge in [-0.1, -0.05) is 24.3 Å². The Morgan fingerprint density at radius 1 is 0.895 bits per heavy atom. The third-order valence-electron chi connectivity index (χ3n) is 3.26. The highest BCUT2D eigenvalue weighted by Gasteiger charge is 2.32. The van der Waals surface area contributed by atoms with E-state index in [1.807, 2.05) is 0 Å². The van der Waals surface area contributed by atoms with Crippen LogP contribution in [0.1, 0.15) is 31.8 Å². The molecule has 3 N–H and O–H groups in total. The highest BCUT2D eigenvalue weighted by atomic mass is 27.1. The largest absolute Gasteiger partial charge is 0.490 e. The Morgan fingerprint density at radius 3 is 2.16 bits per heavy atom. The Kier molecular flexibility index (Phi) is 2.67. The number of hydrogen-bond donors (Lipinski definition) is 2. The van der Waals surface area contributed by atoms with E-state index in [4.69, 9.17) is 5.73 Å². The maximum absolute atomic E-state index is 12.5. The lowest BCUT2D eigenvalue weighted by atomic mass is 9.82. The fourth-order valence-electron chi connectivity index (χ4n) is 2.39. The normalized spacial score (nSPS) is 12.8. The second kappa shape index (κ2) is 4.23. The van der Waals surface area contributed by atoms with Gasteiger partial charge in [-0.05, 0) is 12.1 Å². The van der Waals surface area contributed by atoms with Crippen LogP contribution in [0.4, 0.5) is 11.4 Å². The third-order valence-corrected chi connectivity index (χ3v) is 3.57. The van der Waals surface area contributed by atoms with Gasteiger partial charge in [0.05, 0.1) is 11.1 Å². The van der Waals surface area contributed by atoms with Crippen molar-refractivity contribution >= 4 is 39.5 Å². The molecule has 3 rings (SSSR count). The molecule has 0 amide bonds. The summed E-state index contributed by atoms with van der Waals surface area (Å²) in [5, 5.41) is 0. The molecular weight excluding hydrogens is 255 g/mol. The molecule has 0 heterocycles. The van der Waals surface area contributed by atoms with Gasteiger partial charge in [0.25, 0.3) is 0 Å². The van der Waals surface area contributed by atoms with Crippen LogP contribution in [0.15, 0.2) is 36.4 Å². The van der Waals surface area contributed by atoms with Gasteiger partial charge < -0.3 is 10.0 Å². The van der Waals surface area contributed by atoms with Gasteiger partial charge in [-0.3, -0.25) is 9.59 Å². The minimum Gasteiger partial charge on any atom is -0.490 e. The first-order valence-corrected chi connectivity index (χ1v) is 6.30. The number of ketones is 2. The first kappa shape index (κ1) is 12.0. The summed E-state index contributed by atoms with van der Waals surface area (Å²) in [4.78, 5) is 25.0. The fourth-order valence-corrected chi connectivity index (χ4v) is 2.63. The van der Waals surface area contributed by atoms with Crippen molar-refractivity contribution in [2.24, 2.45) is 0 Å². The summed E-state index contributed by atoms with van der Waals surface area (Å²) in [7, 11) is 0. The molecular formula is C14H9AlN2O2. The van der Waals surface area contributed by atoms with E-state index in [9.17, 15) is 9.59 Å². The van der Waals surface area contributed by atoms with Crippen molar-refractivity contribution in [1.29, 1.82) is 0 Å². The zero-order valence-electron chi connectivity index (χ0n) is 9.94. The molecule has 0 unspecified atom stereocenters. The lowest BCUT2D eigenvalue weighted by Gasteiger charge is -2.21. The van der Waals surface area contributed by atoms with Crippen molar-refractivity contribution in [1.82, 2.24) is 0 Å². The van der Waals surface area contributed by atoms with E-state index in [0.29, 0.717) is 33.6 Å². The van der Waals surface area contributed by atoms with Gasteiger partial charge in [0.1, 0.15) is 0 Å². The number of fused-ring (bicyclic) bond motifs is 2. The van der Waals surface area contributed by atoms with Gasteiger partial charge in [0.2, 0.25) is 0 Å². The highest BCUT2D eigenvalue weighted by molar-refractivity contribution is 6.32. The number of nitrogen functional groups attached to an aromatic ring is 1. The van der Waals surface area contributed by atoms with Crippen LogP contribution >= 0.6 is 0 Å². The standard InChI is InChI=1S/C14H10N2O2.Al/c15-9-5-1-3-7-11(9)14(18)8-4-2-6-10(16)12(8)13(7)17;/h1-6H,(H4,15,16,17,18);/q;+1/p-1. The smallest absolute Gasteiger partial charge is 0.305 e. The van der Waals surface area contributed by atoms with Crippen LogP contribution in [-0.4, -0.2) is 28.1 Å². The van der Waals surface area contributed by atoms with Crippen LogP contribution in [0.25, 0.3) is 0 Å². The van der Waals surface area contributed by atoms with E-state index in [-0.39, 0.29) is 11.6 Å². The van der Waals surface area contributed by atoms with Gasteiger partial charge >= 0.3 is 16.5 Å².